The summed E-state index contributed by atoms with van der Waals surface area (Å²) in [5, 5.41) is 9.58. The highest BCUT2D eigenvalue weighted by Gasteiger charge is 2.20. The van der Waals surface area contributed by atoms with Gasteiger partial charge in [-0.3, -0.25) is 0 Å². The van der Waals surface area contributed by atoms with Crippen molar-refractivity contribution in [2.24, 2.45) is 0 Å². The minimum atomic E-state index is -0.823. The van der Waals surface area contributed by atoms with Gasteiger partial charge in [0, 0.05) is 30.1 Å². The number of rotatable bonds is 6. The Balaban J connectivity index is 1.75. The number of aryl methyl sites for hydroxylation is 1. The van der Waals surface area contributed by atoms with Gasteiger partial charge in [0.2, 0.25) is 0 Å². The molecule has 0 radical (unpaired) electrons. The van der Waals surface area contributed by atoms with Gasteiger partial charge >= 0.3 is 5.97 Å². The summed E-state index contributed by atoms with van der Waals surface area (Å²) in [6.07, 6.45) is 3.77. The van der Waals surface area contributed by atoms with Crippen molar-refractivity contribution in [1.82, 2.24) is 4.57 Å². The molecule has 0 aliphatic carbocycles. The van der Waals surface area contributed by atoms with Crippen LogP contribution in [0.1, 0.15) is 35.4 Å². The molecule has 0 bridgehead atoms. The Labute approximate surface area is 174 Å². The van der Waals surface area contributed by atoms with Gasteiger partial charge in [-0.15, -0.1) is 0 Å². The predicted octanol–water partition coefficient (Wildman–Crippen LogP) is 4.73. The average Bonchev–Trinajstić information content (AvgIpc) is 3.29. The highest BCUT2D eigenvalue weighted by atomic mass is 35.5. The fourth-order valence-corrected chi connectivity index (χ4v) is 3.64. The SMILES string of the molecule is Cc1cc(/C=C(\C#N)C(=O)OCc2c(F)cccc2Cl)c(C)n1C[C@@H]1CCCO1. The molecule has 0 unspecified atom stereocenters. The molecule has 5 nitrogen and oxygen atoms in total. The van der Waals surface area contributed by atoms with Crippen molar-refractivity contribution in [3.63, 3.8) is 0 Å². The van der Waals surface area contributed by atoms with E-state index in [1.54, 1.807) is 0 Å². The molecule has 1 aromatic heterocycles. The topological polar surface area (TPSA) is 64.2 Å². The molecule has 1 aliphatic rings. The Morgan fingerprint density at radius 2 is 2.28 bits per heavy atom. The normalized spacial score (nSPS) is 16.7. The molecule has 0 spiro atoms. The molecule has 152 valence electrons. The summed E-state index contributed by atoms with van der Waals surface area (Å²) in [4.78, 5) is 12.4. The molecule has 29 heavy (non-hydrogen) atoms. The highest BCUT2D eigenvalue weighted by Crippen LogP contribution is 2.23. The first-order chi connectivity index (χ1) is 13.9. The lowest BCUT2D eigenvalue weighted by Gasteiger charge is -2.14. The molecule has 0 saturated carbocycles. The van der Waals surface area contributed by atoms with Gasteiger partial charge in [0.05, 0.1) is 11.1 Å². The maximum absolute atomic E-state index is 13.8. The van der Waals surface area contributed by atoms with E-state index >= 15 is 0 Å². The third kappa shape index (κ3) is 4.87. The second-order valence-electron chi connectivity index (χ2n) is 7.02. The van der Waals surface area contributed by atoms with Crippen LogP contribution >= 0.6 is 11.6 Å². The fourth-order valence-electron chi connectivity index (χ4n) is 3.42. The molecule has 2 aromatic rings. The Hall–Kier alpha value is -2.62. The zero-order valence-electron chi connectivity index (χ0n) is 16.4. The van der Waals surface area contributed by atoms with Gasteiger partial charge in [-0.05, 0) is 56.5 Å². The number of hydrogen-bond donors (Lipinski definition) is 0. The second-order valence-corrected chi connectivity index (χ2v) is 7.43. The molecule has 3 rings (SSSR count). The monoisotopic (exact) mass is 416 g/mol. The molecule has 2 heterocycles. The summed E-state index contributed by atoms with van der Waals surface area (Å²) >= 11 is 5.94. The van der Waals surface area contributed by atoms with Gasteiger partial charge in [-0.1, -0.05) is 17.7 Å². The van der Waals surface area contributed by atoms with Gasteiger partial charge in [0.1, 0.15) is 24.1 Å². The number of halogens is 2. The number of carbonyl (C=O) groups is 1. The summed E-state index contributed by atoms with van der Waals surface area (Å²) in [6.45, 7) is 5.09. The van der Waals surface area contributed by atoms with Gasteiger partial charge in [0.15, 0.2) is 0 Å². The van der Waals surface area contributed by atoms with Crippen LogP contribution in [0.15, 0.2) is 29.8 Å². The van der Waals surface area contributed by atoms with E-state index in [0.29, 0.717) is 0 Å². The Morgan fingerprint density at radius 3 is 2.93 bits per heavy atom. The van der Waals surface area contributed by atoms with Crippen LogP contribution in [0.5, 0.6) is 0 Å². The van der Waals surface area contributed by atoms with Crippen molar-refractivity contribution in [2.45, 2.75) is 45.9 Å². The summed E-state index contributed by atoms with van der Waals surface area (Å²) in [5.74, 6) is -1.39. The van der Waals surface area contributed by atoms with E-state index in [0.717, 1.165) is 42.9 Å². The molecule has 0 N–H and O–H groups in total. The van der Waals surface area contributed by atoms with E-state index in [9.17, 15) is 14.4 Å². The van der Waals surface area contributed by atoms with Gasteiger partial charge in [0.25, 0.3) is 0 Å². The van der Waals surface area contributed by atoms with E-state index in [4.69, 9.17) is 21.1 Å². The van der Waals surface area contributed by atoms with Crippen LogP contribution in [0.3, 0.4) is 0 Å². The second kappa shape index (κ2) is 9.25. The number of hydrogen-bond acceptors (Lipinski definition) is 4. The largest absolute Gasteiger partial charge is 0.457 e. The number of ether oxygens (including phenoxy) is 2. The van der Waals surface area contributed by atoms with Crippen LogP contribution in [0.25, 0.3) is 6.08 Å². The Morgan fingerprint density at radius 1 is 1.48 bits per heavy atom. The molecular weight excluding hydrogens is 395 g/mol. The number of nitrogens with zero attached hydrogens (tertiary/aromatic N) is 2. The van der Waals surface area contributed by atoms with Gasteiger partial charge in [-0.25, -0.2) is 9.18 Å². The molecule has 1 saturated heterocycles. The summed E-state index contributed by atoms with van der Waals surface area (Å²) < 4.78 is 26.8. The number of aromatic nitrogens is 1. The lowest BCUT2D eigenvalue weighted by Crippen LogP contribution is -2.16. The molecule has 1 aliphatic heterocycles. The lowest BCUT2D eigenvalue weighted by atomic mass is 10.1. The zero-order chi connectivity index (χ0) is 21.0. The summed E-state index contributed by atoms with van der Waals surface area (Å²) in [5.41, 5.74) is 2.64. The van der Waals surface area contributed by atoms with Crippen LogP contribution in [-0.4, -0.2) is 23.2 Å². The number of benzene rings is 1. The highest BCUT2D eigenvalue weighted by molar-refractivity contribution is 6.31. The molecule has 1 fully saturated rings. The smallest absolute Gasteiger partial charge is 0.349 e. The first-order valence-electron chi connectivity index (χ1n) is 9.41. The molecule has 1 atom stereocenters. The van der Waals surface area contributed by atoms with Crippen LogP contribution < -0.4 is 0 Å². The van der Waals surface area contributed by atoms with Crippen LogP contribution in [-0.2, 0) is 27.4 Å². The lowest BCUT2D eigenvalue weighted by molar-refractivity contribution is -0.139. The third-order valence-corrected chi connectivity index (χ3v) is 5.43. The van der Waals surface area contributed by atoms with Crippen molar-refractivity contribution in [1.29, 1.82) is 5.26 Å². The summed E-state index contributed by atoms with van der Waals surface area (Å²) in [7, 11) is 0. The van der Waals surface area contributed by atoms with Crippen molar-refractivity contribution < 1.29 is 18.7 Å². The molecule has 1 aromatic carbocycles. The minimum absolute atomic E-state index is 0.0783. The number of carbonyl (C=O) groups excluding carboxylic acids is 1. The first kappa shape index (κ1) is 21.1. The number of nitriles is 1. The Bertz CT molecular complexity index is 964. The minimum Gasteiger partial charge on any atom is -0.457 e. The molecule has 7 heteroatoms. The van der Waals surface area contributed by atoms with Crippen LogP contribution in [0.2, 0.25) is 5.02 Å². The van der Waals surface area contributed by atoms with E-state index in [2.05, 4.69) is 4.57 Å². The van der Waals surface area contributed by atoms with Gasteiger partial charge in [-0.2, -0.15) is 5.26 Å². The summed E-state index contributed by atoms with van der Waals surface area (Å²) in [6, 6.07) is 8.01. The predicted molar refractivity (Wildman–Crippen MR) is 108 cm³/mol. The van der Waals surface area contributed by atoms with Crippen molar-refractivity contribution in [3.8, 4) is 6.07 Å². The van der Waals surface area contributed by atoms with E-state index in [-0.39, 0.29) is 28.9 Å². The van der Waals surface area contributed by atoms with E-state index < -0.39 is 11.8 Å². The quantitative estimate of drug-likeness (QED) is 0.388. The van der Waals surface area contributed by atoms with Crippen molar-refractivity contribution in [3.05, 3.63) is 63.2 Å². The average molecular weight is 417 g/mol. The third-order valence-electron chi connectivity index (χ3n) is 5.07. The van der Waals surface area contributed by atoms with Crippen molar-refractivity contribution >= 4 is 23.6 Å². The molecular formula is C22H22ClFN2O3. The van der Waals surface area contributed by atoms with Gasteiger partial charge < -0.3 is 14.0 Å². The molecule has 0 amide bonds. The number of esters is 1. The van der Waals surface area contributed by atoms with E-state index in [1.807, 2.05) is 26.0 Å². The van der Waals surface area contributed by atoms with Crippen LogP contribution in [0.4, 0.5) is 4.39 Å². The van der Waals surface area contributed by atoms with Crippen LogP contribution in [0, 0.1) is 31.0 Å². The standard InChI is InChI=1S/C22H22ClFN2O3/c1-14-9-16(15(2)26(14)12-18-5-4-8-28-18)10-17(11-25)22(27)29-13-19-20(23)6-3-7-21(19)24/h3,6-7,9-10,18H,4-5,8,12-13H2,1-2H3/b17-10+/t18-/m0/s1. The zero-order valence-corrected chi connectivity index (χ0v) is 17.1. The first-order valence-corrected chi connectivity index (χ1v) is 9.78. The Kier molecular flexibility index (Phi) is 6.73. The maximum atomic E-state index is 13.8. The maximum Gasteiger partial charge on any atom is 0.349 e. The fraction of sp³-hybridized carbons (Fsp3) is 0.364. The van der Waals surface area contributed by atoms with Crippen molar-refractivity contribution in [2.75, 3.05) is 6.61 Å². The van der Waals surface area contributed by atoms with E-state index in [1.165, 1.54) is 24.3 Å².